The monoisotopic (exact) mass is 689 g/mol. The third kappa shape index (κ3) is 4.36. The van der Waals surface area contributed by atoms with Crippen LogP contribution in [0, 0.1) is 6.92 Å². The van der Waals surface area contributed by atoms with E-state index in [4.69, 9.17) is 19.2 Å². The molecule has 0 saturated carbocycles. The molecule has 0 N–H and O–H groups in total. The number of fused-ring (bicyclic) bond motifs is 7. The van der Waals surface area contributed by atoms with Gasteiger partial charge in [0.05, 0.1) is 38.3 Å². The second kappa shape index (κ2) is 11.4. The van der Waals surface area contributed by atoms with E-state index in [-0.39, 0.29) is 34.6 Å². The Balaban J connectivity index is 1.42. The largest absolute Gasteiger partial charge is 0.310 e. The van der Waals surface area contributed by atoms with Gasteiger partial charge in [0.1, 0.15) is 0 Å². The Morgan fingerprint density at radius 2 is 1.02 bits per heavy atom. The highest BCUT2D eigenvalue weighted by molar-refractivity contribution is 5.95. The van der Waals surface area contributed by atoms with Crippen LogP contribution >= 0.6 is 0 Å². The summed E-state index contributed by atoms with van der Waals surface area (Å²) in [6, 6.07) is -9.61. The smallest absolute Gasteiger partial charge is 0.0714 e. The molecule has 1 nitrogen and oxygen atoms in total. The molecule has 8 aromatic carbocycles. The van der Waals surface area contributed by atoms with Crippen LogP contribution in [-0.2, 0) is 10.8 Å². The molecule has 0 atom stereocenters. The van der Waals surface area contributed by atoms with Crippen molar-refractivity contribution in [3.05, 3.63) is 220 Å². The Kier molecular flexibility index (Phi) is 3.25. The minimum absolute atomic E-state index is 0.0270. The fourth-order valence-electron chi connectivity index (χ4n) is 7.70. The summed E-state index contributed by atoms with van der Waals surface area (Å²) in [5.41, 5.74) is -6.76. The molecule has 0 heterocycles. The number of rotatable bonds is 5. The van der Waals surface area contributed by atoms with Crippen molar-refractivity contribution in [3.8, 4) is 22.3 Å². The summed E-state index contributed by atoms with van der Waals surface area (Å²) in [6.07, 6.45) is 0. The Morgan fingerprint density at radius 3 is 1.75 bits per heavy atom. The number of nitrogens with zero attached hydrogens (tertiary/aromatic N) is 1. The maximum Gasteiger partial charge on any atom is 0.0714 e. The predicted octanol–water partition coefficient (Wildman–Crippen LogP) is 13.3. The fourth-order valence-corrected chi connectivity index (χ4v) is 7.70. The zero-order valence-electron chi connectivity index (χ0n) is 51.9. The van der Waals surface area contributed by atoms with Gasteiger partial charge in [-0.3, -0.25) is 0 Å². The van der Waals surface area contributed by atoms with E-state index < -0.39 is 188 Å². The zero-order valence-corrected chi connectivity index (χ0v) is 27.9. The van der Waals surface area contributed by atoms with Crippen LogP contribution in [0.15, 0.2) is 181 Å². The highest BCUT2D eigenvalue weighted by Crippen LogP contribution is 2.58. The Hall–Kier alpha value is -6.18. The third-order valence-corrected chi connectivity index (χ3v) is 10.0. The van der Waals surface area contributed by atoms with Crippen molar-refractivity contribution in [2.24, 2.45) is 0 Å². The van der Waals surface area contributed by atoms with Gasteiger partial charge in [0.25, 0.3) is 0 Å². The zero-order chi connectivity index (χ0) is 55.9. The molecule has 0 amide bonds. The van der Waals surface area contributed by atoms with Gasteiger partial charge in [-0.05, 0) is 122 Å². The molecule has 0 unspecified atom stereocenters. The van der Waals surface area contributed by atoms with Gasteiger partial charge in [-0.25, -0.2) is 0 Å². The lowest BCUT2D eigenvalue weighted by atomic mass is 9.67. The van der Waals surface area contributed by atoms with Gasteiger partial charge in [0.15, 0.2) is 0 Å². The summed E-state index contributed by atoms with van der Waals surface area (Å²) in [5.74, 6) is 0. The first kappa shape index (κ1) is 14.8. The quantitative estimate of drug-likeness (QED) is 0.174. The van der Waals surface area contributed by atoms with Crippen LogP contribution in [0.5, 0.6) is 0 Å². The van der Waals surface area contributed by atoms with Crippen LogP contribution in [0.1, 0.15) is 85.7 Å². The van der Waals surface area contributed by atoms with Crippen LogP contribution in [0.2, 0.25) is 0 Å². The van der Waals surface area contributed by atoms with Crippen molar-refractivity contribution < 1.29 is 32.9 Å². The summed E-state index contributed by atoms with van der Waals surface area (Å²) >= 11 is 0. The van der Waals surface area contributed by atoms with Crippen LogP contribution in [0.3, 0.4) is 0 Å². The maximum absolute atomic E-state index is 9.94. The molecule has 8 aromatic rings. The lowest BCUT2D eigenvalue weighted by molar-refractivity contribution is 0.661. The minimum atomic E-state index is -2.68. The molecule has 1 heteroatoms. The molecule has 0 saturated heterocycles. The van der Waals surface area contributed by atoms with E-state index in [2.05, 4.69) is 0 Å². The summed E-state index contributed by atoms with van der Waals surface area (Å²) < 4.78 is 219. The van der Waals surface area contributed by atoms with Crippen molar-refractivity contribution in [2.45, 2.75) is 31.6 Å². The molecule has 0 fully saturated rings. The summed E-state index contributed by atoms with van der Waals surface area (Å²) in [6.45, 7) is 5.09. The molecule has 52 heavy (non-hydrogen) atoms. The first-order valence-corrected chi connectivity index (χ1v) is 16.4. The molecule has 0 spiro atoms. The first-order valence-electron chi connectivity index (χ1n) is 28.4. The molecule has 2 aliphatic rings. The molecule has 2 aliphatic carbocycles. The molecule has 0 aliphatic heterocycles. The Labute approximate surface area is 340 Å². The molecular formula is C51H39N. The van der Waals surface area contributed by atoms with E-state index >= 15 is 0 Å². The molecule has 10 rings (SSSR count). The average Bonchev–Trinajstić information content (AvgIpc) is 3.90. The first-order chi connectivity index (χ1) is 35.4. The van der Waals surface area contributed by atoms with Gasteiger partial charge in [-0.15, -0.1) is 0 Å². The normalized spacial score (nSPS) is 20.8. The number of para-hydroxylation sites is 1. The molecule has 248 valence electrons. The summed E-state index contributed by atoms with van der Waals surface area (Å²) in [4.78, 5) is 0.903. The van der Waals surface area contributed by atoms with Gasteiger partial charge in [0, 0.05) is 22.5 Å². The summed E-state index contributed by atoms with van der Waals surface area (Å²) in [5, 5.41) is 0.575. The van der Waals surface area contributed by atoms with Gasteiger partial charge in [0.2, 0.25) is 0 Å². The highest BCUT2D eigenvalue weighted by atomic mass is 15.1. The SMILES string of the molecule is [2H]c1cc(C2(c3cc([2H])c([2H])c([2H])c3[2H])c3cc(N(c4cc5c(c([2H])c4[2H])-c4cc6c([2H])c(C)c([2H])c([2H])c6cc4C5(C)C)c4c([2H])c([2H])c([2H])c([2H])c4[2H])c([2H])c([2H])c3-c3c([2H])c([2H])c([2H])c([2H])c32)c([2H])c([2H])c1[2H]. The predicted molar refractivity (Wildman–Crippen MR) is 218 cm³/mol. The van der Waals surface area contributed by atoms with E-state index in [1.54, 1.807) is 32.9 Å². The third-order valence-electron chi connectivity index (χ3n) is 10.0. The van der Waals surface area contributed by atoms with E-state index in [1.807, 2.05) is 0 Å². The fraction of sp³-hybridized carbons (Fsp3) is 0.0980. The van der Waals surface area contributed by atoms with Crippen LogP contribution in [0.25, 0.3) is 33.0 Å². The molecule has 0 radical (unpaired) electrons. The Bertz CT molecular complexity index is 3960. The number of hydrogen-bond donors (Lipinski definition) is 0. The lowest BCUT2D eigenvalue weighted by Crippen LogP contribution is -2.28. The average molecular weight is 690 g/mol. The van der Waals surface area contributed by atoms with Crippen LogP contribution in [-0.4, -0.2) is 0 Å². The minimum Gasteiger partial charge on any atom is -0.310 e. The van der Waals surface area contributed by atoms with E-state index in [0.29, 0.717) is 22.1 Å². The van der Waals surface area contributed by atoms with Crippen molar-refractivity contribution in [1.82, 2.24) is 0 Å². The number of anilines is 3. The molecule has 0 bridgehead atoms. The summed E-state index contributed by atoms with van der Waals surface area (Å²) in [7, 11) is 0. The van der Waals surface area contributed by atoms with E-state index in [1.165, 1.54) is 6.07 Å². The van der Waals surface area contributed by atoms with Crippen molar-refractivity contribution in [2.75, 3.05) is 4.90 Å². The van der Waals surface area contributed by atoms with Crippen LogP contribution < -0.4 is 4.90 Å². The van der Waals surface area contributed by atoms with Gasteiger partial charge < -0.3 is 4.90 Å². The van der Waals surface area contributed by atoms with Crippen molar-refractivity contribution >= 4 is 27.8 Å². The number of hydrogen-bond acceptors (Lipinski definition) is 1. The van der Waals surface area contributed by atoms with Gasteiger partial charge >= 0.3 is 0 Å². The van der Waals surface area contributed by atoms with Crippen molar-refractivity contribution in [1.29, 1.82) is 0 Å². The van der Waals surface area contributed by atoms with Gasteiger partial charge in [-0.2, -0.15) is 0 Å². The van der Waals surface area contributed by atoms with Crippen molar-refractivity contribution in [3.63, 3.8) is 0 Å². The number of benzene rings is 8. The second-order valence-corrected chi connectivity index (χ2v) is 13.2. The molecular weight excluding hydrogens is 627 g/mol. The maximum atomic E-state index is 9.94. The standard InChI is InChI=1S/C51H39N/c1-34-23-24-35-31-47-45(30-36(35)29-34)44-28-26-40(32-48(44)50(47,2)3)52(39-19-11-6-12-20-39)41-25-27-43-42-21-13-14-22-46(42)51(49(43)33-41,37-15-7-4-8-16-37)38-17-9-5-10-18-38/h4-33H,1-3H3/i4D,5D,6D,7D,8D,9D,10D,11D,12D,13D,14D,15D,17D,19D,20D,21D,22D,23D,24D,25D,26D,27D,28D,29D. The topological polar surface area (TPSA) is 3.24 Å². The lowest BCUT2D eigenvalue weighted by Gasteiger charge is -2.35. The highest BCUT2D eigenvalue weighted by Gasteiger charge is 2.46. The van der Waals surface area contributed by atoms with E-state index in [0.717, 1.165) is 23.1 Å². The van der Waals surface area contributed by atoms with Gasteiger partial charge in [-0.1, -0.05) is 152 Å². The van der Waals surface area contributed by atoms with Crippen LogP contribution in [0.4, 0.5) is 17.1 Å². The second-order valence-electron chi connectivity index (χ2n) is 13.2. The molecule has 0 aromatic heterocycles. The van der Waals surface area contributed by atoms with E-state index in [9.17, 15) is 13.7 Å². The Morgan fingerprint density at radius 1 is 0.442 bits per heavy atom.